The van der Waals surface area contributed by atoms with Crippen molar-refractivity contribution in [1.82, 2.24) is 5.32 Å². The van der Waals surface area contributed by atoms with Gasteiger partial charge in [0.2, 0.25) is 5.91 Å². The van der Waals surface area contributed by atoms with Crippen molar-refractivity contribution in [3.63, 3.8) is 0 Å². The lowest BCUT2D eigenvalue weighted by Crippen LogP contribution is -2.45. The van der Waals surface area contributed by atoms with E-state index < -0.39 is 20.0 Å². The third kappa shape index (κ3) is 35.4. The van der Waals surface area contributed by atoms with Crippen molar-refractivity contribution in [2.45, 2.75) is 199 Å². The smallest absolute Gasteiger partial charge is 0.268 e. The maximum Gasteiger partial charge on any atom is 0.268 e. The molecule has 0 bridgehead atoms. The number of rotatable bonds is 37. The van der Waals surface area contributed by atoms with Crippen molar-refractivity contribution in [2.75, 3.05) is 40.9 Å². The molecule has 0 aliphatic carbocycles. The molecule has 2 N–H and O–H groups in total. The molecule has 0 aromatic rings. The third-order valence-corrected chi connectivity index (χ3v) is 10.2. The molecule has 0 saturated heterocycles. The van der Waals surface area contributed by atoms with E-state index in [1.165, 1.54) is 128 Å². The van der Waals surface area contributed by atoms with E-state index in [1.54, 1.807) is 6.08 Å². The molecule has 0 rings (SSSR count). The van der Waals surface area contributed by atoms with Gasteiger partial charge in [0.25, 0.3) is 7.82 Å². The highest BCUT2D eigenvalue weighted by Crippen LogP contribution is 2.38. The van der Waals surface area contributed by atoms with E-state index in [9.17, 15) is 19.4 Å². The van der Waals surface area contributed by atoms with Crippen LogP contribution in [0.5, 0.6) is 0 Å². The lowest BCUT2D eigenvalue weighted by atomic mass is 10.0. The Morgan fingerprint density at radius 1 is 0.694 bits per heavy atom. The first kappa shape index (κ1) is 48.2. The van der Waals surface area contributed by atoms with E-state index >= 15 is 0 Å². The number of quaternary nitrogens is 1. The minimum absolute atomic E-state index is 0.00155. The zero-order chi connectivity index (χ0) is 36.5. The summed E-state index contributed by atoms with van der Waals surface area (Å²) in [6, 6.07) is -0.877. The van der Waals surface area contributed by atoms with Gasteiger partial charge in [-0.3, -0.25) is 9.36 Å². The number of aliphatic hydroxyl groups excluding tert-OH is 1. The van der Waals surface area contributed by atoms with Crippen LogP contribution in [0, 0.1) is 0 Å². The van der Waals surface area contributed by atoms with Gasteiger partial charge in [-0.15, -0.1) is 0 Å². The largest absolute Gasteiger partial charge is 0.756 e. The Labute approximate surface area is 303 Å². The molecule has 0 fully saturated rings. The van der Waals surface area contributed by atoms with Crippen LogP contribution in [-0.4, -0.2) is 68.5 Å². The van der Waals surface area contributed by atoms with Gasteiger partial charge in [-0.05, 0) is 19.3 Å². The van der Waals surface area contributed by atoms with Gasteiger partial charge in [0.1, 0.15) is 13.2 Å². The second-order valence-electron chi connectivity index (χ2n) is 15.4. The molecule has 0 aromatic carbocycles. The Hall–Kier alpha value is -0.760. The molecule has 0 heterocycles. The average molecular weight is 717 g/mol. The number of nitrogens with zero attached hydrogens (tertiary/aromatic N) is 1. The number of carbonyl (C=O) groups is 1. The average Bonchev–Trinajstić information content (AvgIpc) is 3.04. The number of hydrogen-bond donors (Lipinski definition) is 2. The summed E-state index contributed by atoms with van der Waals surface area (Å²) < 4.78 is 23.1. The Morgan fingerprint density at radius 3 is 1.53 bits per heavy atom. The Balaban J connectivity index is 4.33. The normalized spacial score (nSPS) is 14.7. The van der Waals surface area contributed by atoms with E-state index in [4.69, 9.17) is 9.05 Å². The number of carbonyl (C=O) groups excluding carboxylic acids is 1. The molecule has 9 heteroatoms. The van der Waals surface area contributed by atoms with Crippen LogP contribution >= 0.6 is 7.82 Å². The van der Waals surface area contributed by atoms with Gasteiger partial charge in [-0.25, -0.2) is 0 Å². The lowest BCUT2D eigenvalue weighted by Gasteiger charge is -2.29. The zero-order valence-electron chi connectivity index (χ0n) is 32.9. The van der Waals surface area contributed by atoms with Crippen molar-refractivity contribution in [3.05, 3.63) is 12.2 Å². The van der Waals surface area contributed by atoms with Gasteiger partial charge in [-0.2, -0.15) is 0 Å². The molecule has 8 nitrogen and oxygen atoms in total. The Kier molecular flexibility index (Phi) is 32.6. The van der Waals surface area contributed by atoms with Crippen LogP contribution < -0.4 is 10.2 Å². The fraction of sp³-hybridized carbons (Fsp3) is 0.925. The third-order valence-electron chi connectivity index (χ3n) is 9.25. The fourth-order valence-electron chi connectivity index (χ4n) is 5.92. The highest BCUT2D eigenvalue weighted by atomic mass is 31.2. The quantitative estimate of drug-likeness (QED) is 0.0287. The summed E-state index contributed by atoms with van der Waals surface area (Å²) in [6.45, 7) is 4.62. The zero-order valence-corrected chi connectivity index (χ0v) is 33.8. The van der Waals surface area contributed by atoms with E-state index in [2.05, 4.69) is 19.2 Å². The summed E-state index contributed by atoms with van der Waals surface area (Å²) in [5.74, 6) is -0.198. The number of aliphatic hydroxyl groups is 1. The number of allylic oxidation sites excluding steroid dienone is 1. The van der Waals surface area contributed by atoms with Crippen LogP contribution in [0.4, 0.5) is 0 Å². The van der Waals surface area contributed by atoms with Crippen LogP contribution in [0.2, 0.25) is 0 Å². The maximum absolute atomic E-state index is 12.8. The first-order valence-electron chi connectivity index (χ1n) is 20.6. The minimum Gasteiger partial charge on any atom is -0.756 e. The number of amides is 1. The van der Waals surface area contributed by atoms with E-state index in [-0.39, 0.29) is 19.1 Å². The summed E-state index contributed by atoms with van der Waals surface area (Å²) in [5, 5.41) is 13.7. The Bertz CT molecular complexity index is 819. The molecule has 49 heavy (non-hydrogen) atoms. The molecule has 0 aliphatic rings. The lowest BCUT2D eigenvalue weighted by molar-refractivity contribution is -0.870. The summed E-state index contributed by atoms with van der Waals surface area (Å²) in [4.78, 5) is 25.2. The maximum atomic E-state index is 12.8. The fourth-order valence-corrected chi connectivity index (χ4v) is 6.64. The van der Waals surface area contributed by atoms with Gasteiger partial charge in [0, 0.05) is 6.42 Å². The highest BCUT2D eigenvalue weighted by Gasteiger charge is 2.23. The van der Waals surface area contributed by atoms with E-state index in [1.807, 2.05) is 27.2 Å². The van der Waals surface area contributed by atoms with Gasteiger partial charge in [0.15, 0.2) is 0 Å². The second kappa shape index (κ2) is 33.1. The van der Waals surface area contributed by atoms with Gasteiger partial charge in [-0.1, -0.05) is 174 Å². The molecule has 0 aromatic heterocycles. The van der Waals surface area contributed by atoms with Crippen LogP contribution in [0.15, 0.2) is 12.2 Å². The predicted molar refractivity (Wildman–Crippen MR) is 205 cm³/mol. The number of hydrogen-bond acceptors (Lipinski definition) is 6. The topological polar surface area (TPSA) is 108 Å². The van der Waals surface area contributed by atoms with Crippen molar-refractivity contribution in [1.29, 1.82) is 0 Å². The number of unbranched alkanes of at least 4 members (excludes halogenated alkanes) is 24. The van der Waals surface area contributed by atoms with Crippen LogP contribution in [0.3, 0.4) is 0 Å². The SMILES string of the molecule is CCCCCCCCC/C=C/C(O)C(COP(=O)([O-])OCC[N+](C)(C)C)NC(=O)CCCCCCCCCCCCCCCCCCCC. The molecular weight excluding hydrogens is 635 g/mol. The molecule has 0 aliphatic heterocycles. The molecule has 0 spiro atoms. The second-order valence-corrected chi connectivity index (χ2v) is 16.8. The molecule has 0 radical (unpaired) electrons. The Morgan fingerprint density at radius 2 is 1.10 bits per heavy atom. The van der Waals surface area contributed by atoms with Crippen molar-refractivity contribution < 1.29 is 32.9 Å². The number of phosphoric acid groups is 1. The molecular formula is C40H81N2O6P. The van der Waals surface area contributed by atoms with Gasteiger partial charge >= 0.3 is 0 Å². The number of phosphoric ester groups is 1. The van der Waals surface area contributed by atoms with Gasteiger partial charge < -0.3 is 28.8 Å². The first-order valence-corrected chi connectivity index (χ1v) is 22.0. The van der Waals surface area contributed by atoms with Crippen molar-refractivity contribution >= 4 is 13.7 Å². The molecule has 3 atom stereocenters. The number of nitrogens with one attached hydrogen (secondary N) is 1. The predicted octanol–water partition coefficient (Wildman–Crippen LogP) is 10.2. The summed E-state index contributed by atoms with van der Waals surface area (Å²) >= 11 is 0. The van der Waals surface area contributed by atoms with Crippen molar-refractivity contribution in [3.8, 4) is 0 Å². The van der Waals surface area contributed by atoms with Crippen LogP contribution in [0.1, 0.15) is 187 Å². The van der Waals surface area contributed by atoms with Crippen LogP contribution in [-0.2, 0) is 18.4 Å². The first-order chi connectivity index (χ1) is 23.5. The summed E-state index contributed by atoms with van der Waals surface area (Å²) in [5.41, 5.74) is 0. The highest BCUT2D eigenvalue weighted by molar-refractivity contribution is 7.45. The van der Waals surface area contributed by atoms with Gasteiger partial charge in [0.05, 0.1) is 39.9 Å². The van der Waals surface area contributed by atoms with E-state index in [0.717, 1.165) is 38.5 Å². The van der Waals surface area contributed by atoms with Crippen LogP contribution in [0.25, 0.3) is 0 Å². The molecule has 1 amide bonds. The summed E-state index contributed by atoms with van der Waals surface area (Å²) in [6.07, 6.45) is 35.4. The molecule has 3 unspecified atom stereocenters. The van der Waals surface area contributed by atoms with Crippen molar-refractivity contribution in [2.24, 2.45) is 0 Å². The standard InChI is InChI=1S/C40H81N2O6P/c1-6-8-10-12-14-16-17-18-19-20-21-22-23-24-26-28-30-32-34-40(44)41-38(37-48-49(45,46)47-36-35-42(3,4)5)39(43)33-31-29-27-25-15-13-11-9-7-2/h31,33,38-39,43H,6-30,32,34-37H2,1-5H3,(H-,41,44,45,46)/b33-31+. The molecule has 0 saturated carbocycles. The molecule has 292 valence electrons. The number of likely N-dealkylation sites (N-methyl/N-ethyl adjacent to an activating group) is 1. The minimum atomic E-state index is -4.57. The monoisotopic (exact) mass is 717 g/mol. The summed E-state index contributed by atoms with van der Waals surface area (Å²) in [7, 11) is 1.27. The van der Waals surface area contributed by atoms with E-state index in [0.29, 0.717) is 17.4 Å².